The Balaban J connectivity index is 1.49. The number of piperidine rings is 1. The van der Waals surface area contributed by atoms with Gasteiger partial charge in [0.05, 0.1) is 11.1 Å². The number of rotatable bonds is 4. The molecule has 2 unspecified atom stereocenters. The molecule has 1 aliphatic rings. The molecule has 1 amide bonds. The molecule has 0 N–H and O–H groups in total. The van der Waals surface area contributed by atoms with E-state index in [1.54, 1.807) is 23.1 Å². The third-order valence-corrected chi connectivity index (χ3v) is 5.22. The van der Waals surface area contributed by atoms with Crippen LogP contribution in [0.1, 0.15) is 30.6 Å². The third-order valence-electron chi connectivity index (χ3n) is 5.22. The van der Waals surface area contributed by atoms with Gasteiger partial charge in [-0.2, -0.15) is 0 Å². The maximum absolute atomic E-state index is 12.7. The molecule has 6 nitrogen and oxygen atoms in total. The molecule has 2 aromatic carbocycles. The van der Waals surface area contributed by atoms with Crippen molar-refractivity contribution in [1.29, 1.82) is 0 Å². The molecule has 0 bridgehead atoms. The molecule has 2 heterocycles. The zero-order valence-electron chi connectivity index (χ0n) is 16.6. The summed E-state index contributed by atoms with van der Waals surface area (Å²) in [6.07, 6.45) is 1.11. The number of ether oxygens (including phenoxy) is 1. The predicted octanol–water partition coefficient (Wildman–Crippen LogP) is 4.16. The van der Waals surface area contributed by atoms with Gasteiger partial charge < -0.3 is 14.1 Å². The average molecular weight is 392 g/mol. The summed E-state index contributed by atoms with van der Waals surface area (Å²) in [7, 11) is 0. The summed E-state index contributed by atoms with van der Waals surface area (Å²) in [5.74, 6) is 0.547. The van der Waals surface area contributed by atoms with Crippen LogP contribution in [0.4, 0.5) is 0 Å². The minimum Gasteiger partial charge on any atom is -0.452 e. The molecular weight excluding hydrogens is 368 g/mol. The van der Waals surface area contributed by atoms with Gasteiger partial charge in [0.2, 0.25) is 5.89 Å². The van der Waals surface area contributed by atoms with E-state index in [0.717, 1.165) is 6.42 Å². The number of nitrogens with zero attached hydrogens (tertiary/aromatic N) is 2. The van der Waals surface area contributed by atoms with Crippen LogP contribution in [0.25, 0.3) is 22.6 Å². The number of hydrogen-bond donors (Lipinski definition) is 0. The minimum atomic E-state index is -0.561. The molecular formula is C23H24N2O4. The standard InChI is InChI=1S/C23H24N2O4/c1-15-11-16(2)13-25(12-15)21(26)14-28-23(27)18-8-4-3-7-17(18)22-24-19-9-5-6-10-20(19)29-22/h3-10,15-16H,11-14H2,1-2H3. The molecule has 1 saturated heterocycles. The Morgan fingerprint density at radius 2 is 1.76 bits per heavy atom. The van der Waals surface area contributed by atoms with Gasteiger partial charge in [0.1, 0.15) is 5.52 Å². The molecule has 6 heteroatoms. The fourth-order valence-corrected chi connectivity index (χ4v) is 4.00. The third kappa shape index (κ3) is 4.16. The number of carbonyl (C=O) groups excluding carboxylic acids is 2. The molecule has 0 spiro atoms. The Morgan fingerprint density at radius 1 is 1.07 bits per heavy atom. The first-order valence-corrected chi connectivity index (χ1v) is 9.91. The van der Waals surface area contributed by atoms with Crippen molar-refractivity contribution in [3.8, 4) is 11.5 Å². The van der Waals surface area contributed by atoms with Crippen LogP contribution in [-0.2, 0) is 9.53 Å². The summed E-state index contributed by atoms with van der Waals surface area (Å²) >= 11 is 0. The van der Waals surface area contributed by atoms with Crippen molar-refractivity contribution in [2.24, 2.45) is 11.8 Å². The molecule has 3 aromatic rings. The van der Waals surface area contributed by atoms with Gasteiger partial charge in [-0.15, -0.1) is 0 Å². The average Bonchev–Trinajstić information content (AvgIpc) is 3.15. The smallest absolute Gasteiger partial charge is 0.339 e. The number of benzene rings is 2. The molecule has 1 aromatic heterocycles. The summed E-state index contributed by atoms with van der Waals surface area (Å²) in [6.45, 7) is 5.43. The van der Waals surface area contributed by atoms with E-state index in [1.807, 2.05) is 30.3 Å². The van der Waals surface area contributed by atoms with Crippen molar-refractivity contribution in [2.75, 3.05) is 19.7 Å². The van der Waals surface area contributed by atoms with E-state index in [4.69, 9.17) is 9.15 Å². The number of amides is 1. The van der Waals surface area contributed by atoms with Crippen LogP contribution < -0.4 is 0 Å². The van der Waals surface area contributed by atoms with Crippen LogP contribution in [0.15, 0.2) is 52.9 Å². The molecule has 150 valence electrons. The van der Waals surface area contributed by atoms with Crippen molar-refractivity contribution >= 4 is 23.0 Å². The number of fused-ring (bicyclic) bond motifs is 1. The van der Waals surface area contributed by atoms with E-state index in [9.17, 15) is 9.59 Å². The number of carbonyl (C=O) groups is 2. The van der Waals surface area contributed by atoms with Crippen LogP contribution in [0.2, 0.25) is 0 Å². The van der Waals surface area contributed by atoms with E-state index in [0.29, 0.717) is 53.0 Å². The first kappa shape index (κ1) is 19.2. The first-order valence-electron chi connectivity index (χ1n) is 9.91. The molecule has 1 aliphatic heterocycles. The van der Waals surface area contributed by atoms with Crippen molar-refractivity contribution in [3.05, 3.63) is 54.1 Å². The number of aromatic nitrogens is 1. The fourth-order valence-electron chi connectivity index (χ4n) is 4.00. The molecule has 1 fully saturated rings. The Bertz CT molecular complexity index is 999. The van der Waals surface area contributed by atoms with Gasteiger partial charge in [-0.3, -0.25) is 4.79 Å². The number of esters is 1. The zero-order chi connectivity index (χ0) is 20.4. The van der Waals surface area contributed by atoms with Gasteiger partial charge >= 0.3 is 5.97 Å². The van der Waals surface area contributed by atoms with Crippen molar-refractivity contribution < 1.29 is 18.7 Å². The molecule has 0 saturated carbocycles. The van der Waals surface area contributed by atoms with Crippen LogP contribution in [0.5, 0.6) is 0 Å². The van der Waals surface area contributed by atoms with Gasteiger partial charge in [0.15, 0.2) is 12.2 Å². The first-order chi connectivity index (χ1) is 14.0. The van der Waals surface area contributed by atoms with E-state index < -0.39 is 5.97 Å². The van der Waals surface area contributed by atoms with Gasteiger partial charge in [-0.05, 0) is 42.5 Å². The number of oxazole rings is 1. The van der Waals surface area contributed by atoms with Crippen LogP contribution >= 0.6 is 0 Å². The van der Waals surface area contributed by atoms with Gasteiger partial charge in [-0.25, -0.2) is 9.78 Å². The molecule has 29 heavy (non-hydrogen) atoms. The lowest BCUT2D eigenvalue weighted by Crippen LogP contribution is -2.44. The Hall–Kier alpha value is -3.15. The molecule has 0 radical (unpaired) electrons. The van der Waals surface area contributed by atoms with E-state index in [2.05, 4.69) is 18.8 Å². The zero-order valence-corrected chi connectivity index (χ0v) is 16.6. The van der Waals surface area contributed by atoms with Crippen molar-refractivity contribution in [3.63, 3.8) is 0 Å². The van der Waals surface area contributed by atoms with Crippen molar-refractivity contribution in [2.45, 2.75) is 20.3 Å². The van der Waals surface area contributed by atoms with E-state index in [-0.39, 0.29) is 12.5 Å². The quantitative estimate of drug-likeness (QED) is 0.624. The Morgan fingerprint density at radius 3 is 2.52 bits per heavy atom. The lowest BCUT2D eigenvalue weighted by molar-refractivity contribution is -0.137. The summed E-state index contributed by atoms with van der Waals surface area (Å²) in [6, 6.07) is 14.4. The van der Waals surface area contributed by atoms with Gasteiger partial charge in [-0.1, -0.05) is 38.1 Å². The van der Waals surface area contributed by atoms with Crippen LogP contribution in [0.3, 0.4) is 0 Å². The second kappa shape index (κ2) is 8.07. The topological polar surface area (TPSA) is 72.6 Å². The Labute approximate surface area is 169 Å². The van der Waals surface area contributed by atoms with Crippen LogP contribution in [0, 0.1) is 11.8 Å². The molecule has 0 aliphatic carbocycles. The highest BCUT2D eigenvalue weighted by Crippen LogP contribution is 2.27. The normalized spacial score (nSPS) is 19.3. The van der Waals surface area contributed by atoms with E-state index >= 15 is 0 Å². The Kier molecular flexibility index (Phi) is 5.34. The van der Waals surface area contributed by atoms with Gasteiger partial charge in [0, 0.05) is 13.1 Å². The maximum atomic E-state index is 12.7. The summed E-state index contributed by atoms with van der Waals surface area (Å²) in [5, 5.41) is 0. The highest BCUT2D eigenvalue weighted by atomic mass is 16.5. The number of hydrogen-bond acceptors (Lipinski definition) is 5. The van der Waals surface area contributed by atoms with Gasteiger partial charge in [0.25, 0.3) is 5.91 Å². The number of para-hydroxylation sites is 2. The predicted molar refractivity (Wildman–Crippen MR) is 109 cm³/mol. The minimum absolute atomic E-state index is 0.156. The van der Waals surface area contributed by atoms with Crippen LogP contribution in [-0.4, -0.2) is 41.5 Å². The summed E-state index contributed by atoms with van der Waals surface area (Å²) < 4.78 is 11.1. The second-order valence-electron chi connectivity index (χ2n) is 7.85. The summed E-state index contributed by atoms with van der Waals surface area (Å²) in [5.41, 5.74) is 2.23. The number of likely N-dealkylation sites (tertiary alicyclic amines) is 1. The fraction of sp³-hybridized carbons (Fsp3) is 0.348. The maximum Gasteiger partial charge on any atom is 0.339 e. The van der Waals surface area contributed by atoms with Crippen molar-refractivity contribution in [1.82, 2.24) is 9.88 Å². The second-order valence-corrected chi connectivity index (χ2v) is 7.85. The highest BCUT2D eigenvalue weighted by molar-refractivity contribution is 5.97. The largest absolute Gasteiger partial charge is 0.452 e. The SMILES string of the molecule is CC1CC(C)CN(C(=O)COC(=O)c2ccccc2-c2nc3ccccc3o2)C1. The lowest BCUT2D eigenvalue weighted by atomic mass is 9.92. The lowest BCUT2D eigenvalue weighted by Gasteiger charge is -2.34. The molecule has 4 rings (SSSR count). The molecule has 2 atom stereocenters. The highest BCUT2D eigenvalue weighted by Gasteiger charge is 2.26. The van der Waals surface area contributed by atoms with E-state index in [1.165, 1.54) is 0 Å². The summed E-state index contributed by atoms with van der Waals surface area (Å²) in [4.78, 5) is 31.5. The monoisotopic (exact) mass is 392 g/mol.